The summed E-state index contributed by atoms with van der Waals surface area (Å²) < 4.78 is 0. The van der Waals surface area contributed by atoms with E-state index in [0.29, 0.717) is 0 Å². The van der Waals surface area contributed by atoms with Crippen molar-refractivity contribution in [2.75, 3.05) is 0 Å². The van der Waals surface area contributed by atoms with Gasteiger partial charge < -0.3 is 0 Å². The molecular weight excluding hydrogens is 253 g/mol. The van der Waals surface area contributed by atoms with E-state index in [1.807, 2.05) is 0 Å². The molecule has 1 aromatic heterocycles. The zero-order valence-corrected chi connectivity index (χ0v) is 8.65. The summed E-state index contributed by atoms with van der Waals surface area (Å²) in [4.78, 5) is 7.07. The molecule has 0 saturated carbocycles. The van der Waals surface area contributed by atoms with E-state index in [4.69, 9.17) is 46.4 Å². The second-order valence-electron chi connectivity index (χ2n) is 1.39. The molecule has 0 spiro atoms. The lowest BCUT2D eigenvalue weighted by atomic mass is 10.7. The number of halogens is 5. The van der Waals surface area contributed by atoms with Gasteiger partial charge in [-0.05, 0) is 11.6 Å². The highest BCUT2D eigenvalue weighted by molar-refractivity contribution is 6.47. The minimum atomic E-state index is -0.0144. The van der Waals surface area contributed by atoms with Crippen LogP contribution in [0.1, 0.15) is 0 Å². The third kappa shape index (κ3) is 2.80. The molecule has 0 aromatic carbocycles. The average Bonchev–Trinajstić information content (AvgIpc) is 1.82. The first-order valence-corrected chi connectivity index (χ1v) is 3.66. The fraction of sp³-hybridized carbons (Fsp3) is 0. The van der Waals surface area contributed by atoms with Gasteiger partial charge in [-0.1, -0.05) is 34.8 Å². The monoisotopic (exact) mass is 252 g/mol. The van der Waals surface area contributed by atoms with E-state index >= 15 is 0 Å². The third-order valence-corrected chi connectivity index (χ3v) is 2.01. The van der Waals surface area contributed by atoms with Gasteiger partial charge in [0.25, 0.3) is 0 Å². The molecule has 0 bridgehead atoms. The van der Waals surface area contributed by atoms with Crippen molar-refractivity contribution < 1.29 is 0 Å². The smallest absolute Gasteiger partial charge is 0.204 e. The molecule has 0 aliphatic heterocycles. The van der Waals surface area contributed by atoms with Crippen LogP contribution in [-0.4, -0.2) is 9.97 Å². The molecule has 2 nitrogen and oxygen atoms in total. The lowest BCUT2D eigenvalue weighted by Crippen LogP contribution is -1.84. The molecular formula is C4HCl5N2. The summed E-state index contributed by atoms with van der Waals surface area (Å²) in [5, 5.41) is 0.227. The van der Waals surface area contributed by atoms with Gasteiger partial charge in [0.1, 0.15) is 5.02 Å². The van der Waals surface area contributed by atoms with Crippen molar-refractivity contribution >= 4 is 58.8 Å². The molecule has 0 aliphatic rings. The minimum Gasteiger partial charge on any atom is -0.204 e. The first-order chi connectivity index (χ1) is 4.61. The molecule has 0 fully saturated rings. The Labute approximate surface area is 89.2 Å². The summed E-state index contributed by atoms with van der Waals surface area (Å²) in [6.07, 6.45) is 0. The van der Waals surface area contributed by atoms with E-state index in [1.54, 1.807) is 0 Å². The molecule has 0 unspecified atom stereocenters. The summed E-state index contributed by atoms with van der Waals surface area (Å²) in [5.74, 6) is 0. The topological polar surface area (TPSA) is 25.8 Å². The number of nitrogens with zero attached hydrogens (tertiary/aromatic N) is 2. The van der Waals surface area contributed by atoms with Gasteiger partial charge in [-0.2, -0.15) is 0 Å². The third-order valence-electron chi connectivity index (χ3n) is 0.743. The number of hydrogen-bond acceptors (Lipinski definition) is 2. The van der Waals surface area contributed by atoms with E-state index < -0.39 is 0 Å². The molecule has 62 valence electrons. The quantitative estimate of drug-likeness (QED) is 0.523. The second-order valence-corrected chi connectivity index (χ2v) is 2.82. The Bertz CT molecular complexity index is 240. The number of rotatable bonds is 0. The summed E-state index contributed by atoms with van der Waals surface area (Å²) in [6, 6.07) is 0. The Morgan fingerprint density at radius 3 is 1.55 bits per heavy atom. The molecule has 0 saturated heterocycles. The van der Waals surface area contributed by atoms with Crippen LogP contribution in [-0.2, 0) is 0 Å². The van der Waals surface area contributed by atoms with Crippen LogP contribution in [0.25, 0.3) is 0 Å². The standard InChI is InChI=1S/C4Cl4N2.ClH/c5-1-2(6)9-4(8)10-3(1)7;/h;1H. The van der Waals surface area contributed by atoms with Crippen LogP contribution in [0.3, 0.4) is 0 Å². The lowest BCUT2D eigenvalue weighted by Gasteiger charge is -1.95. The zero-order chi connectivity index (χ0) is 7.72. The highest BCUT2D eigenvalue weighted by Gasteiger charge is 2.06. The number of hydrogen-bond donors (Lipinski definition) is 0. The average molecular weight is 254 g/mol. The van der Waals surface area contributed by atoms with Crippen LogP contribution in [0.15, 0.2) is 0 Å². The molecule has 0 atom stereocenters. The van der Waals surface area contributed by atoms with E-state index in [2.05, 4.69) is 9.97 Å². The Kier molecular flexibility index (Phi) is 4.75. The first-order valence-electron chi connectivity index (χ1n) is 2.15. The summed E-state index contributed by atoms with van der Waals surface area (Å²) in [5.41, 5.74) is 0. The SMILES string of the molecule is Cl.Clc1nc(Cl)c(Cl)c(Cl)n1. The van der Waals surface area contributed by atoms with E-state index in [0.717, 1.165) is 0 Å². The molecule has 11 heavy (non-hydrogen) atoms. The van der Waals surface area contributed by atoms with E-state index in [9.17, 15) is 0 Å². The van der Waals surface area contributed by atoms with E-state index in [1.165, 1.54) is 0 Å². The van der Waals surface area contributed by atoms with Gasteiger partial charge >= 0.3 is 0 Å². The first kappa shape index (κ1) is 11.5. The molecule has 0 amide bonds. The van der Waals surface area contributed by atoms with Crippen molar-refractivity contribution in [1.82, 2.24) is 9.97 Å². The van der Waals surface area contributed by atoms with Gasteiger partial charge in [-0.25, -0.2) is 9.97 Å². The largest absolute Gasteiger partial charge is 0.225 e. The lowest BCUT2D eigenvalue weighted by molar-refractivity contribution is 1.17. The van der Waals surface area contributed by atoms with Gasteiger partial charge in [0, 0.05) is 0 Å². The molecule has 0 N–H and O–H groups in total. The second kappa shape index (κ2) is 4.53. The maximum Gasteiger partial charge on any atom is 0.225 e. The molecule has 1 heterocycles. The maximum absolute atomic E-state index is 5.50. The Morgan fingerprint density at radius 1 is 0.818 bits per heavy atom. The molecule has 1 aromatic rings. The normalized spacial score (nSPS) is 9.09. The van der Waals surface area contributed by atoms with E-state index in [-0.39, 0.29) is 33.0 Å². The fourth-order valence-corrected chi connectivity index (χ4v) is 1.10. The van der Waals surface area contributed by atoms with Gasteiger partial charge in [0.15, 0.2) is 10.3 Å². The van der Waals surface area contributed by atoms with Crippen LogP contribution in [0, 0.1) is 0 Å². The molecule has 7 heteroatoms. The zero-order valence-electron chi connectivity index (χ0n) is 4.81. The van der Waals surface area contributed by atoms with Crippen LogP contribution in [0.5, 0.6) is 0 Å². The minimum absolute atomic E-state index is 0. The highest BCUT2D eigenvalue weighted by atomic mass is 35.5. The van der Waals surface area contributed by atoms with Gasteiger partial charge in [0.2, 0.25) is 5.28 Å². The van der Waals surface area contributed by atoms with Crippen LogP contribution >= 0.6 is 58.8 Å². The van der Waals surface area contributed by atoms with Crippen molar-refractivity contribution in [3.8, 4) is 0 Å². The molecule has 1 rings (SSSR count). The molecule has 0 radical (unpaired) electrons. The van der Waals surface area contributed by atoms with Crippen molar-refractivity contribution in [3.63, 3.8) is 0 Å². The van der Waals surface area contributed by atoms with Crippen LogP contribution in [0.2, 0.25) is 20.6 Å². The highest BCUT2D eigenvalue weighted by Crippen LogP contribution is 2.27. The fourth-order valence-electron chi connectivity index (χ4n) is 0.370. The number of aromatic nitrogens is 2. The van der Waals surface area contributed by atoms with Gasteiger partial charge in [-0.15, -0.1) is 12.4 Å². The Hall–Kier alpha value is 0.530. The maximum atomic E-state index is 5.50. The summed E-state index contributed by atoms with van der Waals surface area (Å²) >= 11 is 21.8. The van der Waals surface area contributed by atoms with Crippen LogP contribution < -0.4 is 0 Å². The van der Waals surface area contributed by atoms with Crippen molar-refractivity contribution in [3.05, 3.63) is 20.6 Å². The predicted molar refractivity (Wildman–Crippen MR) is 49.3 cm³/mol. The molecule has 0 aliphatic carbocycles. The van der Waals surface area contributed by atoms with Crippen molar-refractivity contribution in [2.24, 2.45) is 0 Å². The van der Waals surface area contributed by atoms with Crippen molar-refractivity contribution in [1.29, 1.82) is 0 Å². The Morgan fingerprint density at radius 2 is 1.18 bits per heavy atom. The van der Waals surface area contributed by atoms with Crippen molar-refractivity contribution in [2.45, 2.75) is 0 Å². The predicted octanol–water partition coefficient (Wildman–Crippen LogP) is 3.51. The summed E-state index contributed by atoms with van der Waals surface area (Å²) in [6.45, 7) is 0. The summed E-state index contributed by atoms with van der Waals surface area (Å²) in [7, 11) is 0. The van der Waals surface area contributed by atoms with Gasteiger partial charge in [-0.3, -0.25) is 0 Å². The Balaban J connectivity index is 0.000001000. The van der Waals surface area contributed by atoms with Crippen LogP contribution in [0.4, 0.5) is 0 Å². The van der Waals surface area contributed by atoms with Gasteiger partial charge in [0.05, 0.1) is 0 Å².